The van der Waals surface area contributed by atoms with E-state index in [1.54, 1.807) is 0 Å². The number of anilines is 2. The molecule has 1 fully saturated rings. The highest BCUT2D eigenvalue weighted by molar-refractivity contribution is 5.39. The van der Waals surface area contributed by atoms with Crippen LogP contribution in [0.1, 0.15) is 13.8 Å². The molecule has 2 unspecified atom stereocenters. The van der Waals surface area contributed by atoms with E-state index in [1.807, 2.05) is 18.7 Å². The molecule has 1 aromatic rings. The molecule has 0 aliphatic carbocycles. The number of methoxy groups -OCH3 is 1. The Morgan fingerprint density at radius 1 is 1.40 bits per heavy atom. The van der Waals surface area contributed by atoms with E-state index in [9.17, 15) is 5.11 Å². The molecule has 1 aromatic heterocycles. The van der Waals surface area contributed by atoms with Crippen LogP contribution in [0, 0.1) is 0 Å². The molecule has 1 saturated heterocycles. The topological polar surface area (TPSA) is 92.6 Å². The minimum Gasteiger partial charge on any atom is -0.467 e. The number of morpholine rings is 1. The van der Waals surface area contributed by atoms with Crippen LogP contribution < -0.4 is 15.0 Å². The summed E-state index contributed by atoms with van der Waals surface area (Å²) in [7, 11) is 1.52. The number of aliphatic hydroxyl groups is 1. The average Bonchev–Trinajstić information content (AvgIpc) is 2.46. The third-order valence-corrected chi connectivity index (χ3v) is 2.93. The zero-order chi connectivity index (χ0) is 14.5. The maximum absolute atomic E-state index is 9.27. The summed E-state index contributed by atoms with van der Waals surface area (Å²) >= 11 is 0. The van der Waals surface area contributed by atoms with Crippen LogP contribution in [0.25, 0.3) is 0 Å². The van der Waals surface area contributed by atoms with E-state index >= 15 is 0 Å². The highest BCUT2D eigenvalue weighted by Gasteiger charge is 2.27. The third-order valence-electron chi connectivity index (χ3n) is 2.93. The monoisotopic (exact) mass is 283 g/mol. The predicted octanol–water partition coefficient (Wildman–Crippen LogP) is -0.102. The predicted molar refractivity (Wildman–Crippen MR) is 74.2 cm³/mol. The largest absolute Gasteiger partial charge is 0.467 e. The van der Waals surface area contributed by atoms with Gasteiger partial charge in [0.05, 0.1) is 25.9 Å². The summed E-state index contributed by atoms with van der Waals surface area (Å²) < 4.78 is 10.7. The van der Waals surface area contributed by atoms with E-state index in [1.165, 1.54) is 7.11 Å². The summed E-state index contributed by atoms with van der Waals surface area (Å²) in [4.78, 5) is 14.7. The molecule has 0 bridgehead atoms. The molecule has 2 atom stereocenters. The quantitative estimate of drug-likeness (QED) is 0.774. The molecular formula is C12H21N5O3. The number of nitrogens with zero attached hydrogens (tertiary/aromatic N) is 4. The molecule has 0 amide bonds. The van der Waals surface area contributed by atoms with Crippen molar-refractivity contribution in [1.82, 2.24) is 15.0 Å². The molecule has 112 valence electrons. The highest BCUT2D eigenvalue weighted by Crippen LogP contribution is 2.19. The van der Waals surface area contributed by atoms with Crippen molar-refractivity contribution < 1.29 is 14.6 Å². The molecule has 2 rings (SSSR count). The van der Waals surface area contributed by atoms with Crippen molar-refractivity contribution in [2.75, 3.05) is 43.6 Å². The fourth-order valence-electron chi connectivity index (χ4n) is 2.13. The number of rotatable bonds is 5. The van der Waals surface area contributed by atoms with Gasteiger partial charge in [0.2, 0.25) is 11.9 Å². The van der Waals surface area contributed by atoms with Crippen LogP contribution in [0.2, 0.25) is 0 Å². The van der Waals surface area contributed by atoms with Gasteiger partial charge in [0.15, 0.2) is 0 Å². The van der Waals surface area contributed by atoms with Crippen molar-refractivity contribution in [3.05, 3.63) is 0 Å². The molecule has 2 N–H and O–H groups in total. The Bertz CT molecular complexity index is 445. The normalized spacial score (nSPS) is 22.7. The van der Waals surface area contributed by atoms with Crippen LogP contribution in [0.4, 0.5) is 11.9 Å². The van der Waals surface area contributed by atoms with Gasteiger partial charge in [0.25, 0.3) is 0 Å². The van der Waals surface area contributed by atoms with E-state index in [-0.39, 0.29) is 24.8 Å². The first-order valence-electron chi connectivity index (χ1n) is 6.71. The lowest BCUT2D eigenvalue weighted by Crippen LogP contribution is -2.48. The van der Waals surface area contributed by atoms with Crippen molar-refractivity contribution in [3.8, 4) is 6.01 Å². The van der Waals surface area contributed by atoms with E-state index in [0.717, 1.165) is 0 Å². The molecule has 8 nitrogen and oxygen atoms in total. The molecular weight excluding hydrogens is 262 g/mol. The maximum Gasteiger partial charge on any atom is 0.322 e. The number of aromatic nitrogens is 3. The first-order chi connectivity index (χ1) is 9.66. The Kier molecular flexibility index (Phi) is 4.91. The standard InChI is InChI=1S/C12H21N5O3/c1-4-13-10-14-11(16-12(15-10)19-3)17-5-8(2)20-9(6-17)7-18/h8-9,18H,4-7H2,1-3H3,(H,13,14,15,16). The number of nitrogens with one attached hydrogen (secondary N) is 1. The third kappa shape index (κ3) is 3.45. The smallest absolute Gasteiger partial charge is 0.322 e. The maximum atomic E-state index is 9.27. The van der Waals surface area contributed by atoms with Gasteiger partial charge in [0, 0.05) is 19.6 Å². The van der Waals surface area contributed by atoms with Crippen molar-refractivity contribution in [3.63, 3.8) is 0 Å². The van der Waals surface area contributed by atoms with E-state index < -0.39 is 0 Å². The fraction of sp³-hybridized carbons (Fsp3) is 0.750. The van der Waals surface area contributed by atoms with Gasteiger partial charge in [-0.2, -0.15) is 15.0 Å². The second-order valence-electron chi connectivity index (χ2n) is 4.63. The van der Waals surface area contributed by atoms with Crippen molar-refractivity contribution in [1.29, 1.82) is 0 Å². The molecule has 0 aromatic carbocycles. The zero-order valence-electron chi connectivity index (χ0n) is 12.0. The minimum atomic E-state index is -0.232. The van der Waals surface area contributed by atoms with Crippen molar-refractivity contribution >= 4 is 11.9 Å². The highest BCUT2D eigenvalue weighted by atomic mass is 16.5. The molecule has 1 aliphatic rings. The lowest BCUT2D eigenvalue weighted by atomic mass is 10.2. The van der Waals surface area contributed by atoms with Gasteiger partial charge in [-0.1, -0.05) is 0 Å². The van der Waals surface area contributed by atoms with Crippen LogP contribution in [0.3, 0.4) is 0 Å². The Balaban J connectivity index is 2.23. The summed E-state index contributed by atoms with van der Waals surface area (Å²) in [5.41, 5.74) is 0. The van der Waals surface area contributed by atoms with E-state index in [0.29, 0.717) is 31.5 Å². The molecule has 20 heavy (non-hydrogen) atoms. The van der Waals surface area contributed by atoms with Crippen molar-refractivity contribution in [2.45, 2.75) is 26.1 Å². The van der Waals surface area contributed by atoms with Crippen LogP contribution in [-0.2, 0) is 4.74 Å². The summed E-state index contributed by atoms with van der Waals surface area (Å²) in [5.74, 6) is 1.01. The molecule has 0 saturated carbocycles. The number of ether oxygens (including phenoxy) is 2. The van der Waals surface area contributed by atoms with Crippen LogP contribution in [-0.4, -0.2) is 65.6 Å². The minimum absolute atomic E-state index is 0.00578. The Hall–Kier alpha value is -1.67. The Labute approximate surface area is 118 Å². The summed E-state index contributed by atoms with van der Waals surface area (Å²) in [6, 6.07) is 0.269. The molecule has 8 heteroatoms. The van der Waals surface area contributed by atoms with Gasteiger partial charge >= 0.3 is 6.01 Å². The summed E-state index contributed by atoms with van der Waals surface area (Å²) in [6.07, 6.45) is -0.227. The lowest BCUT2D eigenvalue weighted by molar-refractivity contribution is -0.0425. The molecule has 1 aliphatic heterocycles. The molecule has 2 heterocycles. The summed E-state index contributed by atoms with van der Waals surface area (Å²) in [5, 5.41) is 12.3. The number of hydrogen-bond acceptors (Lipinski definition) is 8. The average molecular weight is 283 g/mol. The van der Waals surface area contributed by atoms with Crippen LogP contribution in [0.5, 0.6) is 6.01 Å². The van der Waals surface area contributed by atoms with Gasteiger partial charge in [-0.25, -0.2) is 0 Å². The van der Waals surface area contributed by atoms with E-state index in [2.05, 4.69) is 20.3 Å². The number of aliphatic hydroxyl groups excluding tert-OH is 1. The van der Waals surface area contributed by atoms with Gasteiger partial charge in [0.1, 0.15) is 0 Å². The Morgan fingerprint density at radius 2 is 2.20 bits per heavy atom. The summed E-state index contributed by atoms with van der Waals surface area (Å²) in [6.45, 7) is 5.82. The second-order valence-corrected chi connectivity index (χ2v) is 4.63. The van der Waals surface area contributed by atoms with Gasteiger partial charge in [-0.3, -0.25) is 0 Å². The molecule has 0 radical (unpaired) electrons. The van der Waals surface area contributed by atoms with Crippen LogP contribution >= 0.6 is 0 Å². The first-order valence-corrected chi connectivity index (χ1v) is 6.71. The van der Waals surface area contributed by atoms with Crippen LogP contribution in [0.15, 0.2) is 0 Å². The van der Waals surface area contributed by atoms with Crippen molar-refractivity contribution in [2.24, 2.45) is 0 Å². The van der Waals surface area contributed by atoms with E-state index in [4.69, 9.17) is 9.47 Å². The fourth-order valence-corrected chi connectivity index (χ4v) is 2.13. The van der Waals surface area contributed by atoms with Gasteiger partial charge < -0.3 is 24.8 Å². The second kappa shape index (κ2) is 6.67. The zero-order valence-corrected chi connectivity index (χ0v) is 12.0. The Morgan fingerprint density at radius 3 is 2.85 bits per heavy atom. The SMILES string of the molecule is CCNc1nc(OC)nc(N2CC(C)OC(CO)C2)n1. The molecule has 0 spiro atoms. The lowest BCUT2D eigenvalue weighted by Gasteiger charge is -2.36. The first kappa shape index (κ1) is 14.7. The van der Waals surface area contributed by atoms with Gasteiger partial charge in [-0.05, 0) is 13.8 Å². The number of hydrogen-bond donors (Lipinski definition) is 2. The van der Waals surface area contributed by atoms with Gasteiger partial charge in [-0.15, -0.1) is 0 Å².